The molecule has 1 heterocycles. The second kappa shape index (κ2) is 12.6. The van der Waals surface area contributed by atoms with Gasteiger partial charge >= 0.3 is 6.03 Å². The number of hydrogen-bond acceptors (Lipinski definition) is 5. The van der Waals surface area contributed by atoms with Gasteiger partial charge in [-0.1, -0.05) is 18.0 Å². The number of ether oxygens (including phenoxy) is 1. The quantitative estimate of drug-likeness (QED) is 0.304. The van der Waals surface area contributed by atoms with Crippen LogP contribution in [0.15, 0.2) is 12.1 Å². The molecule has 1 atom stereocenters. The molecule has 0 spiro atoms. The van der Waals surface area contributed by atoms with Gasteiger partial charge in [-0.15, -0.1) is 0 Å². The van der Waals surface area contributed by atoms with Crippen LogP contribution in [0, 0.1) is 5.92 Å². The highest BCUT2D eigenvalue weighted by Gasteiger charge is 2.23. The Hall–Kier alpha value is -2.19. The van der Waals surface area contributed by atoms with E-state index in [1.807, 2.05) is 13.8 Å². The zero-order valence-electron chi connectivity index (χ0n) is 18.8. The zero-order chi connectivity index (χ0) is 22.8. The molecule has 9 heteroatoms. The first-order valence-corrected chi connectivity index (χ1v) is 11.4. The minimum absolute atomic E-state index is 0.0988. The molecule has 0 saturated carbocycles. The fraction of sp³-hybridized carbons (Fsp3) is 0.636. The summed E-state index contributed by atoms with van der Waals surface area (Å²) in [4.78, 5) is 26.5. The number of likely N-dealkylation sites (tertiary alicyclic amines) is 1. The maximum atomic E-state index is 12.6. The second-order valence-corrected chi connectivity index (χ2v) is 8.76. The molecule has 1 fully saturated rings. The molecule has 1 saturated heterocycles. The van der Waals surface area contributed by atoms with Gasteiger partial charge in [0.15, 0.2) is 0 Å². The van der Waals surface area contributed by atoms with Gasteiger partial charge in [-0.25, -0.2) is 4.79 Å². The number of unbranched alkanes of at least 4 members (excludes halogenated alkanes) is 2. The summed E-state index contributed by atoms with van der Waals surface area (Å²) in [6.07, 6.45) is 4.23. The summed E-state index contributed by atoms with van der Waals surface area (Å²) in [6.45, 7) is 8.28. The number of carbonyl (C=O) groups is 2. The molecule has 1 aromatic rings. The molecule has 0 aromatic heterocycles. The average molecular weight is 454 g/mol. The standard InChI is InChI=1S/C22H36ClN5O3/c1-15(2)27-22(30)25-8-5-4-6-9-28-10-7-16(14-28)13-26-21(29)17-11-18(23)19(24)12-20(17)31-3/h11-12,15-16H,4-10,13-14,24H2,1-3H3,(H,26,29)(H2,25,27,30)/t16-/m1/s1. The Kier molecular flexibility index (Phi) is 10.2. The van der Waals surface area contributed by atoms with Crippen LogP contribution in [0.3, 0.4) is 0 Å². The van der Waals surface area contributed by atoms with E-state index in [4.69, 9.17) is 22.1 Å². The van der Waals surface area contributed by atoms with E-state index in [0.717, 1.165) is 45.3 Å². The van der Waals surface area contributed by atoms with E-state index in [-0.39, 0.29) is 18.0 Å². The Morgan fingerprint density at radius 3 is 2.74 bits per heavy atom. The minimum Gasteiger partial charge on any atom is -0.496 e. The van der Waals surface area contributed by atoms with Crippen molar-refractivity contribution in [2.45, 2.75) is 45.6 Å². The highest BCUT2D eigenvalue weighted by Crippen LogP contribution is 2.28. The van der Waals surface area contributed by atoms with Crippen LogP contribution in [0.4, 0.5) is 10.5 Å². The number of nitrogen functional groups attached to an aromatic ring is 1. The van der Waals surface area contributed by atoms with Gasteiger partial charge in [0.1, 0.15) is 5.75 Å². The molecule has 8 nitrogen and oxygen atoms in total. The van der Waals surface area contributed by atoms with Crippen LogP contribution in [0.25, 0.3) is 0 Å². The van der Waals surface area contributed by atoms with E-state index in [1.54, 1.807) is 12.1 Å². The van der Waals surface area contributed by atoms with Gasteiger partial charge < -0.3 is 31.3 Å². The van der Waals surface area contributed by atoms with Gasteiger partial charge in [-0.3, -0.25) is 4.79 Å². The molecular formula is C22H36ClN5O3. The van der Waals surface area contributed by atoms with Gasteiger partial charge in [0, 0.05) is 31.7 Å². The SMILES string of the molecule is COc1cc(N)c(Cl)cc1C(=O)NC[C@H]1CCN(CCCCCNC(=O)NC(C)C)C1. The lowest BCUT2D eigenvalue weighted by Gasteiger charge is -2.17. The third-order valence-corrected chi connectivity index (χ3v) is 5.67. The first-order chi connectivity index (χ1) is 14.8. The molecular weight excluding hydrogens is 418 g/mol. The number of anilines is 1. The van der Waals surface area contributed by atoms with E-state index in [2.05, 4.69) is 20.9 Å². The Balaban J connectivity index is 1.63. The maximum Gasteiger partial charge on any atom is 0.314 e. The second-order valence-electron chi connectivity index (χ2n) is 8.35. The zero-order valence-corrected chi connectivity index (χ0v) is 19.6. The van der Waals surface area contributed by atoms with Crippen LogP contribution in [0.1, 0.15) is 49.9 Å². The summed E-state index contributed by atoms with van der Waals surface area (Å²) >= 11 is 6.06. The molecule has 1 aromatic carbocycles. The number of urea groups is 1. The molecule has 5 N–H and O–H groups in total. The van der Waals surface area contributed by atoms with E-state index >= 15 is 0 Å². The number of nitrogens with zero attached hydrogens (tertiary/aromatic N) is 1. The van der Waals surface area contributed by atoms with Crippen molar-refractivity contribution >= 4 is 29.2 Å². The summed E-state index contributed by atoms with van der Waals surface area (Å²) < 4.78 is 5.26. The Bertz CT molecular complexity index is 744. The number of nitrogens with one attached hydrogen (secondary N) is 3. The van der Waals surface area contributed by atoms with Crippen molar-refractivity contribution in [3.63, 3.8) is 0 Å². The van der Waals surface area contributed by atoms with Crippen molar-refractivity contribution in [2.75, 3.05) is 45.6 Å². The molecule has 0 bridgehead atoms. The van der Waals surface area contributed by atoms with Gasteiger partial charge in [-0.05, 0) is 58.2 Å². The number of halogens is 1. The number of nitrogens with two attached hydrogens (primary N) is 1. The van der Waals surface area contributed by atoms with E-state index in [9.17, 15) is 9.59 Å². The molecule has 2 rings (SSSR count). The third-order valence-electron chi connectivity index (χ3n) is 5.34. The summed E-state index contributed by atoms with van der Waals surface area (Å²) in [5, 5.41) is 9.04. The predicted octanol–water partition coefficient (Wildman–Crippen LogP) is 2.86. The largest absolute Gasteiger partial charge is 0.496 e. The van der Waals surface area contributed by atoms with Gasteiger partial charge in [0.25, 0.3) is 5.91 Å². The van der Waals surface area contributed by atoms with Crippen LogP contribution < -0.4 is 26.4 Å². The molecule has 0 radical (unpaired) electrons. The summed E-state index contributed by atoms with van der Waals surface area (Å²) in [5.74, 6) is 0.649. The van der Waals surface area contributed by atoms with Crippen LogP contribution >= 0.6 is 11.6 Å². The predicted molar refractivity (Wildman–Crippen MR) is 125 cm³/mol. The number of amides is 3. The van der Waals surface area contributed by atoms with Crippen molar-refractivity contribution in [1.82, 2.24) is 20.9 Å². The summed E-state index contributed by atoms with van der Waals surface area (Å²) in [7, 11) is 1.50. The highest BCUT2D eigenvalue weighted by atomic mass is 35.5. The molecule has 0 aliphatic carbocycles. The Morgan fingerprint density at radius 2 is 2.03 bits per heavy atom. The number of rotatable bonds is 11. The lowest BCUT2D eigenvalue weighted by Crippen LogP contribution is -2.39. The van der Waals surface area contributed by atoms with Crippen molar-refractivity contribution < 1.29 is 14.3 Å². The van der Waals surface area contributed by atoms with Crippen molar-refractivity contribution in [3.05, 3.63) is 22.7 Å². The molecule has 31 heavy (non-hydrogen) atoms. The highest BCUT2D eigenvalue weighted by molar-refractivity contribution is 6.33. The van der Waals surface area contributed by atoms with Crippen LogP contribution in [0.2, 0.25) is 5.02 Å². The normalized spacial score (nSPS) is 16.4. The maximum absolute atomic E-state index is 12.6. The van der Waals surface area contributed by atoms with E-state index in [0.29, 0.717) is 41.0 Å². The summed E-state index contributed by atoms with van der Waals surface area (Å²) in [5.41, 5.74) is 6.56. The number of carbonyl (C=O) groups excluding carboxylic acids is 2. The van der Waals surface area contributed by atoms with Crippen molar-refractivity contribution in [2.24, 2.45) is 5.92 Å². The van der Waals surface area contributed by atoms with E-state index < -0.39 is 0 Å². The average Bonchev–Trinajstić information content (AvgIpc) is 3.17. The summed E-state index contributed by atoms with van der Waals surface area (Å²) in [6, 6.07) is 3.17. The van der Waals surface area contributed by atoms with Crippen LogP contribution in [-0.2, 0) is 0 Å². The number of methoxy groups -OCH3 is 1. The van der Waals surface area contributed by atoms with Gasteiger partial charge in [-0.2, -0.15) is 0 Å². The smallest absolute Gasteiger partial charge is 0.314 e. The Labute approximate surface area is 190 Å². The van der Waals surface area contributed by atoms with Crippen molar-refractivity contribution in [1.29, 1.82) is 0 Å². The van der Waals surface area contributed by atoms with Crippen LogP contribution in [0.5, 0.6) is 5.75 Å². The van der Waals surface area contributed by atoms with Gasteiger partial charge in [0.2, 0.25) is 0 Å². The lowest BCUT2D eigenvalue weighted by atomic mass is 10.1. The molecule has 174 valence electrons. The molecule has 1 aliphatic heterocycles. The lowest BCUT2D eigenvalue weighted by molar-refractivity contribution is 0.0944. The Morgan fingerprint density at radius 1 is 1.26 bits per heavy atom. The number of hydrogen-bond donors (Lipinski definition) is 4. The molecule has 0 unspecified atom stereocenters. The topological polar surface area (TPSA) is 109 Å². The first kappa shape index (κ1) is 25.1. The fourth-order valence-corrected chi connectivity index (χ4v) is 3.85. The minimum atomic E-state index is -0.203. The molecule has 1 aliphatic rings. The van der Waals surface area contributed by atoms with Crippen molar-refractivity contribution in [3.8, 4) is 5.75 Å². The van der Waals surface area contributed by atoms with Crippen LogP contribution in [-0.4, -0.2) is 62.7 Å². The fourth-order valence-electron chi connectivity index (χ4n) is 3.68. The monoisotopic (exact) mass is 453 g/mol. The number of benzene rings is 1. The molecule has 3 amide bonds. The van der Waals surface area contributed by atoms with Gasteiger partial charge in [0.05, 0.1) is 23.4 Å². The first-order valence-electron chi connectivity index (χ1n) is 11.0. The van der Waals surface area contributed by atoms with E-state index in [1.165, 1.54) is 7.11 Å². The third kappa shape index (κ3) is 8.45.